The molecule has 0 radical (unpaired) electrons. The van der Waals surface area contributed by atoms with Gasteiger partial charge in [0.15, 0.2) is 0 Å². The van der Waals surface area contributed by atoms with Crippen LogP contribution < -0.4 is 4.74 Å². The van der Waals surface area contributed by atoms with Crippen molar-refractivity contribution >= 4 is 15.9 Å². The number of aliphatic hydroxyl groups is 1. The predicted molar refractivity (Wildman–Crippen MR) is 93.2 cm³/mol. The molecule has 0 saturated heterocycles. The van der Waals surface area contributed by atoms with Crippen LogP contribution in [0.4, 0.5) is 0 Å². The standard InChI is InChI=1S/C18H22BrNO2/c1-14-7-9-17(10-8-14)22-13-16(21)12-20(2)11-15-5-3-4-6-18(15)19/h3-10,16,21H,11-13H2,1-2H3. The maximum atomic E-state index is 10.1. The zero-order chi connectivity index (χ0) is 15.9. The summed E-state index contributed by atoms with van der Waals surface area (Å²) in [4.78, 5) is 2.09. The normalized spacial score (nSPS) is 12.4. The first kappa shape index (κ1) is 17.0. The molecule has 1 atom stereocenters. The molecule has 4 heteroatoms. The number of rotatable bonds is 7. The molecule has 0 saturated carbocycles. The molecule has 0 aromatic heterocycles. The van der Waals surface area contributed by atoms with E-state index in [1.54, 1.807) is 0 Å². The molecule has 2 rings (SSSR count). The van der Waals surface area contributed by atoms with Crippen LogP contribution in [-0.2, 0) is 6.54 Å². The summed E-state index contributed by atoms with van der Waals surface area (Å²) < 4.78 is 6.70. The summed E-state index contributed by atoms with van der Waals surface area (Å²) in [6, 6.07) is 16.0. The summed E-state index contributed by atoms with van der Waals surface area (Å²) >= 11 is 3.54. The molecular weight excluding hydrogens is 342 g/mol. The zero-order valence-corrected chi connectivity index (χ0v) is 14.6. The fourth-order valence-corrected chi connectivity index (χ4v) is 2.63. The number of benzene rings is 2. The van der Waals surface area contributed by atoms with E-state index in [0.29, 0.717) is 13.2 Å². The highest BCUT2D eigenvalue weighted by Gasteiger charge is 2.10. The van der Waals surface area contributed by atoms with E-state index in [1.807, 2.05) is 56.4 Å². The molecule has 118 valence electrons. The van der Waals surface area contributed by atoms with Crippen LogP contribution in [-0.4, -0.2) is 36.3 Å². The molecule has 0 bridgehead atoms. The molecule has 0 spiro atoms. The van der Waals surface area contributed by atoms with Crippen molar-refractivity contribution in [2.75, 3.05) is 20.2 Å². The molecule has 0 fully saturated rings. The number of aliphatic hydroxyl groups excluding tert-OH is 1. The summed E-state index contributed by atoms with van der Waals surface area (Å²) in [5.74, 6) is 0.790. The Morgan fingerprint density at radius 3 is 2.50 bits per heavy atom. The van der Waals surface area contributed by atoms with Gasteiger partial charge in [-0.3, -0.25) is 4.90 Å². The number of hydrogen-bond donors (Lipinski definition) is 1. The summed E-state index contributed by atoms with van der Waals surface area (Å²) in [6.07, 6.45) is -0.520. The Hall–Kier alpha value is -1.36. The van der Waals surface area contributed by atoms with Crippen molar-refractivity contribution in [3.63, 3.8) is 0 Å². The molecule has 1 N–H and O–H groups in total. The number of hydrogen-bond acceptors (Lipinski definition) is 3. The van der Waals surface area contributed by atoms with Crippen LogP contribution >= 0.6 is 15.9 Å². The summed E-state index contributed by atoms with van der Waals surface area (Å²) in [7, 11) is 1.99. The first-order valence-electron chi connectivity index (χ1n) is 7.34. The van der Waals surface area contributed by atoms with Crippen molar-refractivity contribution in [3.8, 4) is 5.75 Å². The Kier molecular flexibility index (Phi) is 6.43. The lowest BCUT2D eigenvalue weighted by Crippen LogP contribution is -2.32. The zero-order valence-electron chi connectivity index (χ0n) is 13.0. The Morgan fingerprint density at radius 2 is 1.82 bits per heavy atom. The van der Waals surface area contributed by atoms with Gasteiger partial charge in [0.2, 0.25) is 0 Å². The van der Waals surface area contributed by atoms with E-state index < -0.39 is 6.10 Å². The first-order chi connectivity index (χ1) is 10.5. The van der Waals surface area contributed by atoms with Crippen molar-refractivity contribution in [2.45, 2.75) is 19.6 Å². The van der Waals surface area contributed by atoms with Crippen molar-refractivity contribution in [1.29, 1.82) is 0 Å². The van der Waals surface area contributed by atoms with Gasteiger partial charge in [-0.05, 0) is 37.7 Å². The van der Waals surface area contributed by atoms with Crippen LogP contribution in [0.2, 0.25) is 0 Å². The Labute approximate surface area is 140 Å². The van der Waals surface area contributed by atoms with E-state index in [2.05, 4.69) is 26.9 Å². The smallest absolute Gasteiger partial charge is 0.119 e. The molecule has 2 aromatic rings. The Bertz CT molecular complexity index is 586. The molecule has 1 unspecified atom stereocenters. The minimum Gasteiger partial charge on any atom is -0.491 e. The number of ether oxygens (including phenoxy) is 1. The summed E-state index contributed by atoms with van der Waals surface area (Å²) in [5, 5.41) is 10.1. The van der Waals surface area contributed by atoms with Gasteiger partial charge in [0.05, 0.1) is 0 Å². The van der Waals surface area contributed by atoms with Crippen LogP contribution in [0.25, 0.3) is 0 Å². The lowest BCUT2D eigenvalue weighted by atomic mass is 10.2. The van der Waals surface area contributed by atoms with Gasteiger partial charge in [0, 0.05) is 17.6 Å². The molecular formula is C18H22BrNO2. The van der Waals surface area contributed by atoms with Gasteiger partial charge in [-0.1, -0.05) is 51.8 Å². The van der Waals surface area contributed by atoms with E-state index >= 15 is 0 Å². The highest BCUT2D eigenvalue weighted by atomic mass is 79.9. The van der Waals surface area contributed by atoms with Crippen LogP contribution in [0.1, 0.15) is 11.1 Å². The van der Waals surface area contributed by atoms with E-state index in [-0.39, 0.29) is 0 Å². The first-order valence-corrected chi connectivity index (χ1v) is 8.13. The number of aryl methyl sites for hydroxylation is 1. The third kappa shape index (κ3) is 5.44. The van der Waals surface area contributed by atoms with E-state index in [1.165, 1.54) is 11.1 Å². The molecule has 0 aliphatic rings. The number of likely N-dealkylation sites (N-methyl/N-ethyl adjacent to an activating group) is 1. The lowest BCUT2D eigenvalue weighted by molar-refractivity contribution is 0.0743. The average Bonchev–Trinajstić information content (AvgIpc) is 2.49. The van der Waals surface area contributed by atoms with Crippen molar-refractivity contribution < 1.29 is 9.84 Å². The maximum absolute atomic E-state index is 10.1. The highest BCUT2D eigenvalue weighted by Crippen LogP contribution is 2.17. The SMILES string of the molecule is Cc1ccc(OCC(O)CN(C)Cc2ccccc2Br)cc1. The topological polar surface area (TPSA) is 32.7 Å². The van der Waals surface area contributed by atoms with Gasteiger partial charge in [0.25, 0.3) is 0 Å². The third-order valence-electron chi connectivity index (χ3n) is 3.38. The van der Waals surface area contributed by atoms with Gasteiger partial charge in [0.1, 0.15) is 18.5 Å². The molecule has 2 aromatic carbocycles. The fraction of sp³-hybridized carbons (Fsp3) is 0.333. The lowest BCUT2D eigenvalue weighted by Gasteiger charge is -2.21. The second kappa shape index (κ2) is 8.32. The van der Waals surface area contributed by atoms with Crippen molar-refractivity contribution in [2.24, 2.45) is 0 Å². The minimum absolute atomic E-state index is 0.295. The van der Waals surface area contributed by atoms with Gasteiger partial charge < -0.3 is 9.84 Å². The van der Waals surface area contributed by atoms with E-state index in [9.17, 15) is 5.11 Å². The van der Waals surface area contributed by atoms with Gasteiger partial charge in [-0.2, -0.15) is 0 Å². The molecule has 0 aliphatic heterocycles. The largest absolute Gasteiger partial charge is 0.491 e. The quantitative estimate of drug-likeness (QED) is 0.815. The predicted octanol–water partition coefficient (Wildman–Crippen LogP) is 3.63. The van der Waals surface area contributed by atoms with Crippen LogP contribution in [0.5, 0.6) is 5.75 Å². The highest BCUT2D eigenvalue weighted by molar-refractivity contribution is 9.10. The Balaban J connectivity index is 1.77. The number of halogens is 1. The summed E-state index contributed by atoms with van der Waals surface area (Å²) in [6.45, 7) is 3.68. The third-order valence-corrected chi connectivity index (χ3v) is 4.16. The molecule has 0 amide bonds. The van der Waals surface area contributed by atoms with Gasteiger partial charge in [-0.25, -0.2) is 0 Å². The molecule has 22 heavy (non-hydrogen) atoms. The van der Waals surface area contributed by atoms with Crippen LogP contribution in [0.15, 0.2) is 53.0 Å². The fourth-order valence-electron chi connectivity index (χ4n) is 2.22. The summed E-state index contributed by atoms with van der Waals surface area (Å²) in [5.41, 5.74) is 2.40. The second-order valence-corrected chi connectivity index (χ2v) is 6.42. The van der Waals surface area contributed by atoms with E-state index in [4.69, 9.17) is 4.74 Å². The molecule has 0 heterocycles. The average molecular weight is 364 g/mol. The van der Waals surface area contributed by atoms with Crippen LogP contribution in [0, 0.1) is 6.92 Å². The van der Waals surface area contributed by atoms with Gasteiger partial charge >= 0.3 is 0 Å². The second-order valence-electron chi connectivity index (χ2n) is 5.57. The minimum atomic E-state index is -0.520. The molecule has 0 aliphatic carbocycles. The van der Waals surface area contributed by atoms with Crippen LogP contribution in [0.3, 0.4) is 0 Å². The maximum Gasteiger partial charge on any atom is 0.119 e. The van der Waals surface area contributed by atoms with E-state index in [0.717, 1.165) is 16.8 Å². The van der Waals surface area contributed by atoms with Crippen molar-refractivity contribution in [3.05, 3.63) is 64.1 Å². The monoisotopic (exact) mass is 363 g/mol. The molecule has 3 nitrogen and oxygen atoms in total. The van der Waals surface area contributed by atoms with Gasteiger partial charge in [-0.15, -0.1) is 0 Å². The number of nitrogens with zero attached hydrogens (tertiary/aromatic N) is 1. The Morgan fingerprint density at radius 1 is 1.14 bits per heavy atom. The van der Waals surface area contributed by atoms with Crippen molar-refractivity contribution in [1.82, 2.24) is 4.90 Å².